The molecule has 3 N–H and O–H groups in total. The van der Waals surface area contributed by atoms with E-state index in [4.69, 9.17) is 10.5 Å². The number of hydrogen-bond acceptors (Lipinski definition) is 3. The predicted molar refractivity (Wildman–Crippen MR) is 80.9 cm³/mol. The molecule has 1 atom stereocenters. The molecule has 2 aromatic carbocycles. The van der Waals surface area contributed by atoms with Gasteiger partial charge in [0.15, 0.2) is 0 Å². The number of rotatable bonds is 5. The zero-order valence-electron chi connectivity index (χ0n) is 11.7. The second kappa shape index (κ2) is 6.28. The van der Waals surface area contributed by atoms with Crippen molar-refractivity contribution >= 4 is 17.1 Å². The van der Waals surface area contributed by atoms with E-state index in [0.717, 1.165) is 17.9 Å². The highest BCUT2D eigenvalue weighted by Gasteiger charge is 2.03. The Morgan fingerprint density at radius 1 is 1.20 bits per heavy atom. The Morgan fingerprint density at radius 3 is 2.70 bits per heavy atom. The zero-order valence-corrected chi connectivity index (χ0v) is 11.7. The Kier molecular flexibility index (Phi) is 4.45. The Bertz CT molecular complexity index is 566. The lowest BCUT2D eigenvalue weighted by atomic mass is 10.2. The summed E-state index contributed by atoms with van der Waals surface area (Å²) >= 11 is 0. The Balaban J connectivity index is 2.15. The maximum atomic E-state index is 13.3. The molecule has 0 aliphatic carbocycles. The van der Waals surface area contributed by atoms with Crippen LogP contribution in [0.5, 0.6) is 5.75 Å². The van der Waals surface area contributed by atoms with Gasteiger partial charge in [0.2, 0.25) is 0 Å². The second-order valence-electron chi connectivity index (χ2n) is 4.76. The lowest BCUT2D eigenvalue weighted by Crippen LogP contribution is -2.09. The van der Waals surface area contributed by atoms with Crippen LogP contribution in [0.15, 0.2) is 42.5 Å². The van der Waals surface area contributed by atoms with Crippen LogP contribution >= 0.6 is 0 Å². The van der Waals surface area contributed by atoms with Crippen molar-refractivity contribution in [2.24, 2.45) is 0 Å². The minimum atomic E-state index is -0.362. The fourth-order valence-corrected chi connectivity index (χ4v) is 1.81. The van der Waals surface area contributed by atoms with Crippen LogP contribution in [0, 0.1) is 5.82 Å². The third-order valence-corrected chi connectivity index (χ3v) is 2.96. The van der Waals surface area contributed by atoms with Gasteiger partial charge in [-0.25, -0.2) is 4.39 Å². The van der Waals surface area contributed by atoms with Gasteiger partial charge in [-0.05, 0) is 43.7 Å². The van der Waals surface area contributed by atoms with Gasteiger partial charge in [0.25, 0.3) is 0 Å². The van der Waals surface area contributed by atoms with Gasteiger partial charge in [0.1, 0.15) is 11.6 Å². The van der Waals surface area contributed by atoms with Crippen molar-refractivity contribution in [2.45, 2.75) is 26.4 Å². The molecule has 0 aliphatic rings. The van der Waals surface area contributed by atoms with Crippen molar-refractivity contribution in [1.82, 2.24) is 0 Å². The van der Waals surface area contributed by atoms with Crippen molar-refractivity contribution in [2.75, 3.05) is 11.1 Å². The largest absolute Gasteiger partial charge is 0.491 e. The zero-order chi connectivity index (χ0) is 14.5. The van der Waals surface area contributed by atoms with E-state index in [1.165, 1.54) is 12.1 Å². The number of nitrogens with two attached hydrogens (primary N) is 1. The maximum Gasteiger partial charge on any atom is 0.127 e. The Morgan fingerprint density at radius 2 is 2.00 bits per heavy atom. The molecule has 0 spiro atoms. The molecule has 0 amide bonds. The average Bonchev–Trinajstić information content (AvgIpc) is 2.37. The highest BCUT2D eigenvalue weighted by atomic mass is 19.1. The van der Waals surface area contributed by atoms with Gasteiger partial charge in [-0.3, -0.25) is 0 Å². The topological polar surface area (TPSA) is 47.3 Å². The molecule has 1 unspecified atom stereocenters. The monoisotopic (exact) mass is 274 g/mol. The summed E-state index contributed by atoms with van der Waals surface area (Å²) in [7, 11) is 0. The molecule has 0 fully saturated rings. The van der Waals surface area contributed by atoms with Crippen LogP contribution < -0.4 is 15.8 Å². The van der Waals surface area contributed by atoms with Gasteiger partial charge in [-0.2, -0.15) is 0 Å². The van der Waals surface area contributed by atoms with E-state index in [2.05, 4.69) is 12.2 Å². The summed E-state index contributed by atoms with van der Waals surface area (Å²) in [6, 6.07) is 11.9. The van der Waals surface area contributed by atoms with Crippen LogP contribution in [0.25, 0.3) is 0 Å². The number of benzene rings is 2. The van der Waals surface area contributed by atoms with Crippen LogP contribution in [0.4, 0.5) is 21.5 Å². The van der Waals surface area contributed by atoms with E-state index in [-0.39, 0.29) is 11.9 Å². The molecule has 0 saturated carbocycles. The quantitative estimate of drug-likeness (QED) is 0.798. The summed E-state index contributed by atoms with van der Waals surface area (Å²) < 4.78 is 19.0. The minimum absolute atomic E-state index is 0.162. The molecule has 2 aromatic rings. The molecule has 0 aliphatic heterocycles. The molecule has 0 heterocycles. The van der Waals surface area contributed by atoms with Crippen molar-refractivity contribution in [3.05, 3.63) is 48.3 Å². The fraction of sp³-hybridized carbons (Fsp3) is 0.250. The molecule has 4 heteroatoms. The Hall–Kier alpha value is -2.23. The lowest BCUT2D eigenvalue weighted by Gasteiger charge is -2.14. The average molecular weight is 274 g/mol. The smallest absolute Gasteiger partial charge is 0.127 e. The normalized spacial score (nSPS) is 11.9. The van der Waals surface area contributed by atoms with Crippen LogP contribution in [0.3, 0.4) is 0 Å². The number of nitrogen functional groups attached to an aromatic ring is 1. The number of ether oxygens (including phenoxy) is 1. The van der Waals surface area contributed by atoms with Gasteiger partial charge in [0.05, 0.1) is 6.10 Å². The van der Waals surface area contributed by atoms with Gasteiger partial charge < -0.3 is 15.8 Å². The summed E-state index contributed by atoms with van der Waals surface area (Å²) in [5, 5.41) is 3.12. The van der Waals surface area contributed by atoms with E-state index in [9.17, 15) is 4.39 Å². The minimum Gasteiger partial charge on any atom is -0.491 e. The predicted octanol–water partition coefficient (Wildman–Crippen LogP) is 4.33. The third kappa shape index (κ3) is 3.88. The van der Waals surface area contributed by atoms with Crippen molar-refractivity contribution < 1.29 is 9.13 Å². The van der Waals surface area contributed by atoms with E-state index >= 15 is 0 Å². The highest BCUT2D eigenvalue weighted by Crippen LogP contribution is 2.24. The lowest BCUT2D eigenvalue weighted by molar-refractivity contribution is 0.217. The molecule has 3 nitrogen and oxygen atoms in total. The van der Waals surface area contributed by atoms with Crippen molar-refractivity contribution in [3.8, 4) is 5.75 Å². The number of halogens is 1. The van der Waals surface area contributed by atoms with Gasteiger partial charge in [-0.15, -0.1) is 0 Å². The number of hydrogen-bond donors (Lipinski definition) is 2. The summed E-state index contributed by atoms with van der Waals surface area (Å²) in [6.45, 7) is 4.09. The summed E-state index contributed by atoms with van der Waals surface area (Å²) in [5.41, 5.74) is 7.45. The highest BCUT2D eigenvalue weighted by molar-refractivity contribution is 5.64. The molecular weight excluding hydrogens is 255 g/mol. The van der Waals surface area contributed by atoms with E-state index < -0.39 is 0 Å². The van der Waals surface area contributed by atoms with E-state index in [1.54, 1.807) is 6.07 Å². The summed E-state index contributed by atoms with van der Waals surface area (Å²) in [5.74, 6) is 0.424. The molecule has 0 aromatic heterocycles. The number of anilines is 3. The third-order valence-electron chi connectivity index (χ3n) is 2.96. The summed E-state index contributed by atoms with van der Waals surface area (Å²) in [6.07, 6.45) is 1.10. The first-order valence-electron chi connectivity index (χ1n) is 6.66. The van der Waals surface area contributed by atoms with Crippen LogP contribution in [-0.4, -0.2) is 6.10 Å². The van der Waals surface area contributed by atoms with Crippen LogP contribution in [-0.2, 0) is 0 Å². The molecule has 2 rings (SSSR count). The van der Waals surface area contributed by atoms with E-state index in [1.807, 2.05) is 31.2 Å². The SMILES string of the molecule is CCC(C)Oc1cccc(Nc2cc(N)cc(F)c2)c1. The maximum absolute atomic E-state index is 13.3. The van der Waals surface area contributed by atoms with Gasteiger partial charge in [0, 0.05) is 23.1 Å². The standard InChI is InChI=1S/C16H19FN2O/c1-3-11(2)20-16-6-4-5-14(10-16)19-15-8-12(17)7-13(18)9-15/h4-11,19H,3,18H2,1-2H3. The van der Waals surface area contributed by atoms with Gasteiger partial charge in [-0.1, -0.05) is 13.0 Å². The first-order valence-corrected chi connectivity index (χ1v) is 6.66. The van der Waals surface area contributed by atoms with Crippen LogP contribution in [0.2, 0.25) is 0 Å². The molecular formula is C16H19FN2O. The van der Waals surface area contributed by atoms with E-state index in [0.29, 0.717) is 11.4 Å². The van der Waals surface area contributed by atoms with Crippen LogP contribution in [0.1, 0.15) is 20.3 Å². The Labute approximate surface area is 118 Å². The first-order chi connectivity index (χ1) is 9.56. The first kappa shape index (κ1) is 14.2. The van der Waals surface area contributed by atoms with Crippen molar-refractivity contribution in [3.63, 3.8) is 0 Å². The molecule has 0 radical (unpaired) electrons. The van der Waals surface area contributed by atoms with Gasteiger partial charge >= 0.3 is 0 Å². The molecule has 0 bridgehead atoms. The van der Waals surface area contributed by atoms with Crippen molar-refractivity contribution in [1.29, 1.82) is 0 Å². The molecule has 0 saturated heterocycles. The fourth-order valence-electron chi connectivity index (χ4n) is 1.81. The summed E-state index contributed by atoms with van der Waals surface area (Å²) in [4.78, 5) is 0. The molecule has 106 valence electrons. The molecule has 20 heavy (non-hydrogen) atoms. The number of nitrogens with one attached hydrogen (secondary N) is 1. The second-order valence-corrected chi connectivity index (χ2v) is 4.76.